The van der Waals surface area contributed by atoms with E-state index in [9.17, 15) is 14.4 Å². The lowest BCUT2D eigenvalue weighted by molar-refractivity contribution is 0.0652. The first-order chi connectivity index (χ1) is 18.9. The summed E-state index contributed by atoms with van der Waals surface area (Å²) in [5.41, 5.74) is 1.20. The van der Waals surface area contributed by atoms with Gasteiger partial charge in [0.1, 0.15) is 9.87 Å². The molecule has 0 aromatic carbocycles. The van der Waals surface area contributed by atoms with Crippen molar-refractivity contribution in [2.45, 2.75) is 32.6 Å². The number of rotatable bonds is 7. The van der Waals surface area contributed by atoms with Gasteiger partial charge in [0.25, 0.3) is 17.7 Å². The lowest BCUT2D eigenvalue weighted by Gasteiger charge is -2.13. The van der Waals surface area contributed by atoms with Crippen LogP contribution < -0.4 is 0 Å². The summed E-state index contributed by atoms with van der Waals surface area (Å²) in [5.74, 6) is 6.11. The average molecular weight is 607 g/mol. The minimum absolute atomic E-state index is 0.0491. The van der Waals surface area contributed by atoms with E-state index in [1.165, 1.54) is 21.1 Å². The standard InChI is InChI=1S/C29H22N2O3S5/c1-3-4-5-6-13-31-27(33)18-14-22(38-24(18)28(31)34)20-11-9-16(36-20)7-8-17-10-12-21(37-17)23-15-19-25(39-23)29(35)30(2)26(19)32/h9-12,14-15H,3-6,13H2,1-2H3. The SMILES string of the molecule is CCCCCCN1C(=O)c2cc(-c3ccc(C#Cc4ccc(-c5cc6c(s5)C(=S)N(C)C6=O)s4)s3)sc2C1=O. The average Bonchev–Trinajstić information content (AvgIpc) is 3.76. The van der Waals surface area contributed by atoms with Gasteiger partial charge < -0.3 is 4.90 Å². The molecular formula is C29H22N2O3S5. The highest BCUT2D eigenvalue weighted by molar-refractivity contribution is 7.81. The number of nitrogens with zero attached hydrogens (tertiary/aromatic N) is 2. The summed E-state index contributed by atoms with van der Waals surface area (Å²) in [6.07, 6.45) is 4.12. The van der Waals surface area contributed by atoms with Gasteiger partial charge in [0, 0.05) is 33.1 Å². The van der Waals surface area contributed by atoms with Crippen LogP contribution in [-0.2, 0) is 0 Å². The molecule has 0 atom stereocenters. The number of carbonyl (C=O) groups excluding carboxylic acids is 3. The summed E-state index contributed by atoms with van der Waals surface area (Å²) in [6.45, 7) is 2.64. The van der Waals surface area contributed by atoms with Crippen molar-refractivity contribution in [3.8, 4) is 31.3 Å². The molecule has 5 nitrogen and oxygen atoms in total. The third kappa shape index (κ3) is 4.72. The number of imide groups is 1. The molecule has 2 aliphatic rings. The van der Waals surface area contributed by atoms with E-state index in [-0.39, 0.29) is 17.7 Å². The van der Waals surface area contributed by atoms with Crippen LogP contribution in [0.4, 0.5) is 0 Å². The molecule has 0 spiro atoms. The van der Waals surface area contributed by atoms with Crippen LogP contribution in [0.15, 0.2) is 36.4 Å². The highest BCUT2D eigenvalue weighted by Gasteiger charge is 2.37. The van der Waals surface area contributed by atoms with Gasteiger partial charge in [0.15, 0.2) is 0 Å². The minimum atomic E-state index is -0.173. The Kier molecular flexibility index (Phi) is 7.12. The molecule has 2 aliphatic heterocycles. The lowest BCUT2D eigenvalue weighted by Crippen LogP contribution is -2.30. The van der Waals surface area contributed by atoms with Gasteiger partial charge in [-0.15, -0.1) is 45.3 Å². The van der Waals surface area contributed by atoms with Gasteiger partial charge in [-0.1, -0.05) is 38.4 Å². The van der Waals surface area contributed by atoms with Crippen molar-refractivity contribution in [2.24, 2.45) is 0 Å². The molecule has 4 aromatic heterocycles. The Hall–Kier alpha value is -2.94. The van der Waals surface area contributed by atoms with Crippen LogP contribution in [0.3, 0.4) is 0 Å². The zero-order valence-electron chi connectivity index (χ0n) is 21.2. The van der Waals surface area contributed by atoms with Crippen molar-refractivity contribution < 1.29 is 14.4 Å². The van der Waals surface area contributed by atoms with Crippen molar-refractivity contribution in [1.29, 1.82) is 0 Å². The number of hydrogen-bond donors (Lipinski definition) is 0. The Bertz CT molecular complexity index is 1660. The topological polar surface area (TPSA) is 57.7 Å². The zero-order chi connectivity index (χ0) is 27.3. The van der Waals surface area contributed by atoms with Crippen LogP contribution in [0.2, 0.25) is 0 Å². The molecule has 3 amide bonds. The molecule has 0 fully saturated rings. The first-order valence-electron chi connectivity index (χ1n) is 12.5. The molecular weight excluding hydrogens is 585 g/mol. The van der Waals surface area contributed by atoms with E-state index in [2.05, 4.69) is 18.8 Å². The molecule has 196 valence electrons. The second kappa shape index (κ2) is 10.6. The Morgan fingerprint density at radius 1 is 0.718 bits per heavy atom. The fraction of sp³-hybridized carbons (Fsp3) is 0.241. The summed E-state index contributed by atoms with van der Waals surface area (Å²) >= 11 is 11.5. The van der Waals surface area contributed by atoms with Crippen molar-refractivity contribution in [1.82, 2.24) is 9.80 Å². The van der Waals surface area contributed by atoms with E-state index in [1.54, 1.807) is 41.1 Å². The Labute approximate surface area is 247 Å². The third-order valence-electron chi connectivity index (χ3n) is 6.65. The Morgan fingerprint density at radius 3 is 1.87 bits per heavy atom. The molecule has 0 saturated carbocycles. The van der Waals surface area contributed by atoms with Crippen LogP contribution in [0.25, 0.3) is 19.5 Å². The minimum Gasteiger partial charge on any atom is -0.301 e. The Morgan fingerprint density at radius 2 is 1.31 bits per heavy atom. The second-order valence-corrected chi connectivity index (χ2v) is 13.9. The van der Waals surface area contributed by atoms with Gasteiger partial charge in [-0.05, 0) is 54.7 Å². The highest BCUT2D eigenvalue weighted by Crippen LogP contribution is 2.41. The Balaban J connectivity index is 1.15. The predicted octanol–water partition coefficient (Wildman–Crippen LogP) is 7.60. The van der Waals surface area contributed by atoms with E-state index < -0.39 is 0 Å². The fourth-order valence-electron chi connectivity index (χ4n) is 4.54. The second-order valence-electron chi connectivity index (χ2n) is 9.28. The third-order valence-corrected chi connectivity index (χ3v) is 11.9. The van der Waals surface area contributed by atoms with E-state index in [0.717, 1.165) is 59.8 Å². The van der Waals surface area contributed by atoms with Crippen LogP contribution in [-0.4, -0.2) is 46.1 Å². The quantitative estimate of drug-likeness (QED) is 0.0941. The van der Waals surface area contributed by atoms with E-state index in [1.807, 2.05) is 36.4 Å². The van der Waals surface area contributed by atoms with Crippen LogP contribution in [0.1, 0.15) is 77.6 Å². The normalized spacial score (nSPS) is 14.3. The maximum atomic E-state index is 12.8. The molecule has 0 saturated heterocycles. The lowest BCUT2D eigenvalue weighted by atomic mass is 10.2. The van der Waals surface area contributed by atoms with Gasteiger partial charge in [-0.3, -0.25) is 19.3 Å². The molecule has 0 bridgehead atoms. The predicted molar refractivity (Wildman–Crippen MR) is 165 cm³/mol. The number of amides is 3. The van der Waals surface area contributed by atoms with E-state index >= 15 is 0 Å². The van der Waals surface area contributed by atoms with Crippen LogP contribution in [0.5, 0.6) is 0 Å². The molecule has 39 heavy (non-hydrogen) atoms. The van der Waals surface area contributed by atoms with Gasteiger partial charge >= 0.3 is 0 Å². The summed E-state index contributed by atoms with van der Waals surface area (Å²) in [6, 6.07) is 11.8. The van der Waals surface area contributed by atoms with Crippen molar-refractivity contribution >= 4 is 80.3 Å². The van der Waals surface area contributed by atoms with Crippen molar-refractivity contribution in [3.05, 3.63) is 67.0 Å². The molecule has 0 aliphatic carbocycles. The molecule has 0 unspecified atom stereocenters. The maximum Gasteiger partial charge on any atom is 0.271 e. The number of hydrogen-bond acceptors (Lipinski definition) is 8. The largest absolute Gasteiger partial charge is 0.301 e. The van der Waals surface area contributed by atoms with Gasteiger partial charge in [0.2, 0.25) is 0 Å². The van der Waals surface area contributed by atoms with Gasteiger partial charge in [0.05, 0.1) is 25.8 Å². The molecule has 0 radical (unpaired) electrons. The summed E-state index contributed by atoms with van der Waals surface area (Å²) in [5, 5.41) is 0. The van der Waals surface area contributed by atoms with Crippen LogP contribution >= 0.6 is 57.6 Å². The number of fused-ring (bicyclic) bond motifs is 2. The molecule has 10 heteroatoms. The number of unbranched alkanes of at least 4 members (excludes halogenated alkanes) is 3. The number of thiocarbonyl (C=S) groups is 1. The van der Waals surface area contributed by atoms with Gasteiger partial charge in [-0.2, -0.15) is 0 Å². The smallest absolute Gasteiger partial charge is 0.271 e. The van der Waals surface area contributed by atoms with Crippen molar-refractivity contribution in [2.75, 3.05) is 13.6 Å². The molecule has 6 heterocycles. The summed E-state index contributed by atoms with van der Waals surface area (Å²) in [4.78, 5) is 48.8. The fourth-order valence-corrected chi connectivity index (χ4v) is 8.97. The first-order valence-corrected chi connectivity index (χ1v) is 16.2. The number of carbonyl (C=O) groups is 3. The highest BCUT2D eigenvalue weighted by atomic mass is 32.1. The number of thiophene rings is 4. The first kappa shape index (κ1) is 26.3. The van der Waals surface area contributed by atoms with E-state index in [4.69, 9.17) is 12.2 Å². The summed E-state index contributed by atoms with van der Waals surface area (Å²) < 4.78 is 0. The molecule has 6 rings (SSSR count). The van der Waals surface area contributed by atoms with E-state index in [0.29, 0.717) is 27.5 Å². The molecule has 0 N–H and O–H groups in total. The molecule has 4 aromatic rings. The van der Waals surface area contributed by atoms with Crippen molar-refractivity contribution in [3.63, 3.8) is 0 Å². The summed E-state index contributed by atoms with van der Waals surface area (Å²) in [7, 11) is 1.71. The van der Waals surface area contributed by atoms with Crippen LogP contribution in [0, 0.1) is 11.8 Å². The van der Waals surface area contributed by atoms with Gasteiger partial charge in [-0.25, -0.2) is 0 Å². The zero-order valence-corrected chi connectivity index (χ0v) is 25.2. The maximum absolute atomic E-state index is 12.8. The monoisotopic (exact) mass is 606 g/mol.